The Bertz CT molecular complexity index is 887. The summed E-state index contributed by atoms with van der Waals surface area (Å²) in [4.78, 5) is 37.9. The molecule has 0 aliphatic heterocycles. The van der Waals surface area contributed by atoms with Gasteiger partial charge in [0, 0.05) is 19.3 Å². The Balaban J connectivity index is 4.27. The highest BCUT2D eigenvalue weighted by molar-refractivity contribution is 5.71. The minimum atomic E-state index is -0.760. The van der Waals surface area contributed by atoms with Crippen LogP contribution >= 0.6 is 0 Å². The van der Waals surface area contributed by atoms with Crippen LogP contribution in [0.5, 0.6) is 0 Å². The molecule has 0 aliphatic rings. The van der Waals surface area contributed by atoms with Gasteiger partial charge in [0.1, 0.15) is 13.2 Å². The topological polar surface area (TPSA) is 78.9 Å². The van der Waals surface area contributed by atoms with Crippen molar-refractivity contribution >= 4 is 17.9 Å². The van der Waals surface area contributed by atoms with E-state index < -0.39 is 6.10 Å². The van der Waals surface area contributed by atoms with Crippen molar-refractivity contribution in [1.29, 1.82) is 0 Å². The molecule has 350 valence electrons. The van der Waals surface area contributed by atoms with Gasteiger partial charge in [-0.3, -0.25) is 14.4 Å². The number of esters is 3. The van der Waals surface area contributed by atoms with Crippen molar-refractivity contribution in [3.05, 3.63) is 0 Å². The third-order valence-corrected chi connectivity index (χ3v) is 12.0. The summed E-state index contributed by atoms with van der Waals surface area (Å²) in [6.45, 7) is 9.00. The lowest BCUT2D eigenvalue weighted by Gasteiger charge is -2.18. The molecule has 0 bridgehead atoms. The SMILES string of the molecule is CCCCCCCCCCCCCCCCCCCCC(=O)O[C@H](COC(=O)CCCCCCCCCCCCC)COC(=O)CCCCCCCCCCCC(C)C. The van der Waals surface area contributed by atoms with Crippen molar-refractivity contribution in [3.8, 4) is 0 Å². The molecule has 0 rings (SSSR count). The molecular weight excluding hydrogens is 733 g/mol. The van der Waals surface area contributed by atoms with E-state index in [1.54, 1.807) is 0 Å². The van der Waals surface area contributed by atoms with Gasteiger partial charge in [-0.1, -0.05) is 259 Å². The smallest absolute Gasteiger partial charge is 0.306 e. The van der Waals surface area contributed by atoms with E-state index in [-0.39, 0.29) is 31.1 Å². The van der Waals surface area contributed by atoms with Gasteiger partial charge in [0.05, 0.1) is 0 Å². The fraction of sp³-hybridized carbons (Fsp3) is 0.943. The van der Waals surface area contributed by atoms with Crippen LogP contribution in [-0.2, 0) is 28.6 Å². The summed E-state index contributed by atoms with van der Waals surface area (Å²) in [5.74, 6) is -0.0366. The van der Waals surface area contributed by atoms with Crippen LogP contribution in [0.3, 0.4) is 0 Å². The van der Waals surface area contributed by atoms with Crippen LogP contribution in [-0.4, -0.2) is 37.2 Å². The van der Waals surface area contributed by atoms with Crippen LogP contribution in [0.4, 0.5) is 0 Å². The number of unbranched alkanes of at least 4 members (excludes halogenated alkanes) is 35. The number of rotatable bonds is 48. The second-order valence-electron chi connectivity index (χ2n) is 18.6. The van der Waals surface area contributed by atoms with E-state index >= 15 is 0 Å². The van der Waals surface area contributed by atoms with Crippen molar-refractivity contribution in [3.63, 3.8) is 0 Å². The average molecular weight is 835 g/mol. The highest BCUT2D eigenvalue weighted by Crippen LogP contribution is 2.17. The lowest BCUT2D eigenvalue weighted by molar-refractivity contribution is -0.167. The van der Waals surface area contributed by atoms with Gasteiger partial charge in [0.15, 0.2) is 6.10 Å². The second kappa shape index (κ2) is 47.5. The van der Waals surface area contributed by atoms with Crippen LogP contribution in [0.15, 0.2) is 0 Å². The van der Waals surface area contributed by atoms with Gasteiger partial charge in [-0.05, 0) is 25.2 Å². The monoisotopic (exact) mass is 835 g/mol. The lowest BCUT2D eigenvalue weighted by atomic mass is 10.0. The molecule has 0 unspecified atom stereocenters. The molecule has 0 heterocycles. The van der Waals surface area contributed by atoms with Crippen molar-refractivity contribution in [2.45, 2.75) is 303 Å². The second-order valence-corrected chi connectivity index (χ2v) is 18.6. The van der Waals surface area contributed by atoms with E-state index in [0.717, 1.165) is 63.7 Å². The number of carbonyl (C=O) groups excluding carboxylic acids is 3. The van der Waals surface area contributed by atoms with E-state index in [2.05, 4.69) is 27.7 Å². The van der Waals surface area contributed by atoms with Gasteiger partial charge < -0.3 is 14.2 Å². The van der Waals surface area contributed by atoms with Gasteiger partial charge in [0.2, 0.25) is 0 Å². The third-order valence-electron chi connectivity index (χ3n) is 12.0. The molecule has 6 heteroatoms. The Morgan fingerprint density at radius 1 is 0.322 bits per heavy atom. The third kappa shape index (κ3) is 47.3. The molecule has 0 aromatic heterocycles. The number of ether oxygens (including phenoxy) is 3. The molecular formula is C53H102O6. The Hall–Kier alpha value is -1.59. The molecule has 1 atom stereocenters. The fourth-order valence-electron chi connectivity index (χ4n) is 8.04. The van der Waals surface area contributed by atoms with E-state index in [9.17, 15) is 14.4 Å². The van der Waals surface area contributed by atoms with Crippen molar-refractivity contribution < 1.29 is 28.6 Å². The molecule has 59 heavy (non-hydrogen) atoms. The zero-order chi connectivity index (χ0) is 43.1. The molecule has 6 nitrogen and oxygen atoms in total. The summed E-state index contributed by atoms with van der Waals surface area (Å²) in [6.07, 6.45) is 49.5. The highest BCUT2D eigenvalue weighted by Gasteiger charge is 2.19. The zero-order valence-corrected chi connectivity index (χ0v) is 40.2. The number of hydrogen-bond acceptors (Lipinski definition) is 6. The number of carbonyl (C=O) groups is 3. The first kappa shape index (κ1) is 57.4. The van der Waals surface area contributed by atoms with Crippen LogP contribution in [0.1, 0.15) is 297 Å². The van der Waals surface area contributed by atoms with E-state index in [1.807, 2.05) is 0 Å². The van der Waals surface area contributed by atoms with Gasteiger partial charge in [0.25, 0.3) is 0 Å². The molecule has 0 saturated carbocycles. The minimum absolute atomic E-state index is 0.0630. The fourth-order valence-corrected chi connectivity index (χ4v) is 8.04. The lowest BCUT2D eigenvalue weighted by Crippen LogP contribution is -2.30. The number of hydrogen-bond donors (Lipinski definition) is 0. The quantitative estimate of drug-likeness (QED) is 0.0345. The Morgan fingerprint density at radius 3 is 0.831 bits per heavy atom. The van der Waals surface area contributed by atoms with E-state index in [4.69, 9.17) is 14.2 Å². The standard InChI is InChI=1S/C53H102O6/c1-5-7-9-11-13-15-17-18-19-20-21-22-23-25-29-34-38-42-46-53(56)59-50(47-57-51(54)44-40-36-32-28-24-16-14-12-10-8-6-2)48-58-52(55)45-41-37-33-30-26-27-31-35-39-43-49(3)4/h49-50H,5-48H2,1-4H3/t50-/m1/s1. The van der Waals surface area contributed by atoms with Gasteiger partial charge >= 0.3 is 17.9 Å². The average Bonchev–Trinajstić information content (AvgIpc) is 3.22. The maximum absolute atomic E-state index is 12.8. The largest absolute Gasteiger partial charge is 0.462 e. The first-order valence-electron chi connectivity index (χ1n) is 26.4. The first-order chi connectivity index (χ1) is 28.9. The normalized spacial score (nSPS) is 11.9. The molecule has 0 spiro atoms. The van der Waals surface area contributed by atoms with Gasteiger partial charge in [-0.15, -0.1) is 0 Å². The van der Waals surface area contributed by atoms with Crippen LogP contribution in [0.25, 0.3) is 0 Å². The minimum Gasteiger partial charge on any atom is -0.462 e. The molecule has 0 radical (unpaired) electrons. The maximum Gasteiger partial charge on any atom is 0.306 e. The van der Waals surface area contributed by atoms with Gasteiger partial charge in [-0.25, -0.2) is 0 Å². The molecule has 0 fully saturated rings. The van der Waals surface area contributed by atoms with Crippen molar-refractivity contribution in [1.82, 2.24) is 0 Å². The first-order valence-corrected chi connectivity index (χ1v) is 26.4. The van der Waals surface area contributed by atoms with Crippen LogP contribution in [0, 0.1) is 5.92 Å². The summed E-state index contributed by atoms with van der Waals surface area (Å²) >= 11 is 0. The molecule has 0 saturated heterocycles. The predicted molar refractivity (Wildman–Crippen MR) is 252 cm³/mol. The summed E-state index contributed by atoms with van der Waals surface area (Å²) < 4.78 is 16.8. The van der Waals surface area contributed by atoms with E-state index in [0.29, 0.717) is 19.3 Å². The Kier molecular flexibility index (Phi) is 46.2. The van der Waals surface area contributed by atoms with Crippen LogP contribution < -0.4 is 0 Å². The summed E-state index contributed by atoms with van der Waals surface area (Å²) in [6, 6.07) is 0. The molecule has 0 N–H and O–H groups in total. The summed E-state index contributed by atoms with van der Waals surface area (Å²) in [5.41, 5.74) is 0. The van der Waals surface area contributed by atoms with Crippen molar-refractivity contribution in [2.75, 3.05) is 13.2 Å². The molecule has 0 amide bonds. The predicted octanol–water partition coefficient (Wildman–Crippen LogP) is 17.1. The Labute approximate surface area is 368 Å². The van der Waals surface area contributed by atoms with Crippen LogP contribution in [0.2, 0.25) is 0 Å². The molecule has 0 aromatic carbocycles. The molecule has 0 aliphatic carbocycles. The Morgan fingerprint density at radius 2 is 0.559 bits per heavy atom. The maximum atomic E-state index is 12.8. The zero-order valence-electron chi connectivity index (χ0n) is 40.2. The van der Waals surface area contributed by atoms with Crippen molar-refractivity contribution in [2.24, 2.45) is 5.92 Å². The highest BCUT2D eigenvalue weighted by atomic mass is 16.6. The molecule has 0 aromatic rings. The van der Waals surface area contributed by atoms with Gasteiger partial charge in [-0.2, -0.15) is 0 Å². The summed E-state index contributed by atoms with van der Waals surface area (Å²) in [7, 11) is 0. The summed E-state index contributed by atoms with van der Waals surface area (Å²) in [5, 5.41) is 0. The van der Waals surface area contributed by atoms with E-state index in [1.165, 1.54) is 193 Å².